The topological polar surface area (TPSA) is 98.7 Å². The molecule has 6 nitrogen and oxygen atoms in total. The van der Waals surface area contributed by atoms with Crippen molar-refractivity contribution < 1.29 is 19.8 Å². The Labute approximate surface area is 114 Å². The molecule has 1 rings (SSSR count). The second-order valence-corrected chi connectivity index (χ2v) is 6.54. The Bertz CT molecular complexity index is 296. The molecule has 0 spiro atoms. The van der Waals surface area contributed by atoms with Crippen LogP contribution in [0.2, 0.25) is 0 Å². The first-order chi connectivity index (χ1) is 8.50. The van der Waals surface area contributed by atoms with Gasteiger partial charge in [0.25, 0.3) is 0 Å². The Hall–Kier alpha value is -0.600. The zero-order valence-corrected chi connectivity index (χ0v) is 11.7. The molecule has 0 radical (unpaired) electrons. The normalized spacial score (nSPS) is 22.9. The lowest BCUT2D eigenvalue weighted by Gasteiger charge is -2.22. The number of urea groups is 1. The number of nitrogens with one attached hydrogen (secondary N) is 2. The number of carboxylic acids is 1. The van der Waals surface area contributed by atoms with Gasteiger partial charge in [-0.1, -0.05) is 0 Å². The Morgan fingerprint density at radius 1 is 1.44 bits per heavy atom. The van der Waals surface area contributed by atoms with E-state index >= 15 is 0 Å². The van der Waals surface area contributed by atoms with E-state index in [2.05, 4.69) is 10.6 Å². The van der Waals surface area contributed by atoms with Crippen molar-refractivity contribution in [1.29, 1.82) is 0 Å². The fourth-order valence-electron chi connectivity index (χ4n) is 1.44. The Morgan fingerprint density at radius 3 is 2.67 bits per heavy atom. The van der Waals surface area contributed by atoms with E-state index in [1.54, 1.807) is 0 Å². The minimum absolute atomic E-state index is 0.365. The first-order valence-electron chi connectivity index (χ1n) is 5.65. The molecule has 18 heavy (non-hydrogen) atoms. The molecule has 3 atom stereocenters. The average Bonchev–Trinajstić information content (AvgIpc) is 2.34. The third-order valence-corrected chi connectivity index (χ3v) is 5.26. The van der Waals surface area contributed by atoms with Crippen LogP contribution in [0, 0.1) is 0 Å². The van der Waals surface area contributed by atoms with Gasteiger partial charge in [-0.2, -0.15) is 23.5 Å². The molecular weight excluding hydrogens is 276 g/mol. The number of hydrogen-bond acceptors (Lipinski definition) is 5. The summed E-state index contributed by atoms with van der Waals surface area (Å²) >= 11 is 3.66. The predicted molar refractivity (Wildman–Crippen MR) is 73.2 cm³/mol. The molecule has 8 heteroatoms. The van der Waals surface area contributed by atoms with Crippen LogP contribution in [-0.2, 0) is 4.79 Å². The zero-order valence-electron chi connectivity index (χ0n) is 10.1. The second-order valence-electron chi connectivity index (χ2n) is 3.98. The van der Waals surface area contributed by atoms with Gasteiger partial charge in [-0.25, -0.2) is 9.59 Å². The summed E-state index contributed by atoms with van der Waals surface area (Å²) in [5.74, 6) is 1.95. The average molecular weight is 294 g/mol. The number of amides is 2. The van der Waals surface area contributed by atoms with Gasteiger partial charge < -0.3 is 20.8 Å². The maximum Gasteiger partial charge on any atom is 0.328 e. The molecule has 0 aromatic carbocycles. The maximum absolute atomic E-state index is 11.5. The smallest absolute Gasteiger partial charge is 0.328 e. The largest absolute Gasteiger partial charge is 0.480 e. The molecule has 3 unspecified atom stereocenters. The van der Waals surface area contributed by atoms with Crippen molar-refractivity contribution in [3.8, 4) is 0 Å². The van der Waals surface area contributed by atoms with E-state index in [9.17, 15) is 14.7 Å². The molecule has 0 aliphatic carbocycles. The highest BCUT2D eigenvalue weighted by Gasteiger charge is 2.25. The molecule has 4 N–H and O–H groups in total. The monoisotopic (exact) mass is 294 g/mol. The van der Waals surface area contributed by atoms with Gasteiger partial charge in [-0.15, -0.1) is 0 Å². The summed E-state index contributed by atoms with van der Waals surface area (Å²) in [6, 6.07) is -1.84. The first-order valence-corrected chi connectivity index (χ1v) is 7.85. The van der Waals surface area contributed by atoms with Crippen molar-refractivity contribution >= 4 is 35.5 Å². The summed E-state index contributed by atoms with van der Waals surface area (Å²) in [6.45, 7) is 1.84. The Morgan fingerprint density at radius 2 is 2.17 bits per heavy atom. The summed E-state index contributed by atoms with van der Waals surface area (Å²) in [7, 11) is 0. The number of carbonyl (C=O) groups is 2. The third-order valence-electron chi connectivity index (χ3n) is 2.41. The van der Waals surface area contributed by atoms with Crippen molar-refractivity contribution in [3.63, 3.8) is 0 Å². The molecule has 0 aromatic rings. The summed E-state index contributed by atoms with van der Waals surface area (Å²) in [6.07, 6.45) is -1.13. The van der Waals surface area contributed by atoms with Gasteiger partial charge in [0.15, 0.2) is 6.04 Å². The van der Waals surface area contributed by atoms with Gasteiger partial charge in [0.2, 0.25) is 0 Å². The van der Waals surface area contributed by atoms with Crippen LogP contribution in [0.4, 0.5) is 4.79 Å². The number of rotatable bonds is 5. The van der Waals surface area contributed by atoms with Crippen LogP contribution in [-0.4, -0.2) is 63.4 Å². The third kappa shape index (κ3) is 5.36. The molecule has 1 aliphatic heterocycles. The van der Waals surface area contributed by atoms with Crippen molar-refractivity contribution in [2.24, 2.45) is 0 Å². The fraction of sp³-hybridized carbons (Fsp3) is 0.800. The second kappa shape index (κ2) is 7.75. The molecule has 1 heterocycles. The quantitative estimate of drug-likeness (QED) is 0.568. The maximum atomic E-state index is 11.5. The van der Waals surface area contributed by atoms with E-state index in [0.29, 0.717) is 11.8 Å². The minimum Gasteiger partial charge on any atom is -0.480 e. The number of aliphatic hydroxyl groups is 1. The van der Waals surface area contributed by atoms with Crippen LogP contribution < -0.4 is 10.6 Å². The lowest BCUT2D eigenvalue weighted by atomic mass is 10.2. The standard InChI is InChI=1S/C10H18N2O4S2/c1-6(13)8(9(14)15)12-10(16)11-4-7-5-17-2-3-18-7/h6-8,13H,2-5H2,1H3,(H,14,15)(H2,11,12,16). The van der Waals surface area contributed by atoms with Crippen molar-refractivity contribution in [1.82, 2.24) is 10.6 Å². The summed E-state index contributed by atoms with van der Waals surface area (Å²) in [5, 5.41) is 23.3. The van der Waals surface area contributed by atoms with E-state index in [4.69, 9.17) is 5.11 Å². The van der Waals surface area contributed by atoms with Crippen LogP contribution in [0.5, 0.6) is 0 Å². The van der Waals surface area contributed by atoms with Gasteiger partial charge in [0.05, 0.1) is 6.10 Å². The van der Waals surface area contributed by atoms with E-state index in [1.165, 1.54) is 6.92 Å². The summed E-state index contributed by atoms with van der Waals surface area (Å²) < 4.78 is 0. The Balaban J connectivity index is 2.29. The van der Waals surface area contributed by atoms with Crippen molar-refractivity contribution in [2.75, 3.05) is 23.8 Å². The minimum atomic E-state index is -1.28. The first kappa shape index (κ1) is 15.5. The molecule has 0 aromatic heterocycles. The number of carboxylic acid groups (broad SMARTS) is 1. The molecule has 1 fully saturated rings. The molecule has 1 saturated heterocycles. The lowest BCUT2D eigenvalue weighted by Crippen LogP contribution is -2.52. The van der Waals surface area contributed by atoms with E-state index < -0.39 is 24.1 Å². The number of hydrogen-bond donors (Lipinski definition) is 4. The molecule has 1 aliphatic rings. The van der Waals surface area contributed by atoms with Crippen molar-refractivity contribution in [2.45, 2.75) is 24.3 Å². The van der Waals surface area contributed by atoms with Crippen LogP contribution >= 0.6 is 23.5 Å². The van der Waals surface area contributed by atoms with Crippen LogP contribution in [0.3, 0.4) is 0 Å². The Kier molecular flexibility index (Phi) is 6.66. The van der Waals surface area contributed by atoms with E-state index in [0.717, 1.165) is 17.3 Å². The number of aliphatic hydroxyl groups excluding tert-OH is 1. The van der Waals surface area contributed by atoms with Gasteiger partial charge in [0, 0.05) is 29.1 Å². The predicted octanol–water partition coefficient (Wildman–Crippen LogP) is -0.0318. The number of thioether (sulfide) groups is 2. The van der Waals surface area contributed by atoms with Crippen molar-refractivity contribution in [3.05, 3.63) is 0 Å². The van der Waals surface area contributed by atoms with E-state index in [1.807, 2.05) is 23.5 Å². The molecule has 0 bridgehead atoms. The zero-order chi connectivity index (χ0) is 13.5. The van der Waals surface area contributed by atoms with Gasteiger partial charge in [0.1, 0.15) is 0 Å². The van der Waals surface area contributed by atoms with Gasteiger partial charge in [-0.05, 0) is 6.92 Å². The van der Waals surface area contributed by atoms with Gasteiger partial charge >= 0.3 is 12.0 Å². The van der Waals surface area contributed by atoms with Gasteiger partial charge in [-0.3, -0.25) is 0 Å². The summed E-state index contributed by atoms with van der Waals surface area (Å²) in [4.78, 5) is 22.3. The SMILES string of the molecule is CC(O)C(NC(=O)NCC1CSCCS1)C(=O)O. The highest BCUT2D eigenvalue weighted by Crippen LogP contribution is 2.23. The molecular formula is C10H18N2O4S2. The van der Waals surface area contributed by atoms with Crippen LogP contribution in [0.1, 0.15) is 6.92 Å². The van der Waals surface area contributed by atoms with E-state index in [-0.39, 0.29) is 0 Å². The molecule has 2 amide bonds. The molecule has 104 valence electrons. The fourth-order valence-corrected chi connectivity index (χ4v) is 4.05. The molecule has 0 saturated carbocycles. The van der Waals surface area contributed by atoms with Crippen LogP contribution in [0.15, 0.2) is 0 Å². The lowest BCUT2D eigenvalue weighted by molar-refractivity contribution is -0.141. The highest BCUT2D eigenvalue weighted by atomic mass is 32.2. The number of carbonyl (C=O) groups excluding carboxylic acids is 1. The summed E-state index contributed by atoms with van der Waals surface area (Å²) in [5.41, 5.74) is 0. The highest BCUT2D eigenvalue weighted by molar-refractivity contribution is 8.06. The van der Waals surface area contributed by atoms with Crippen LogP contribution in [0.25, 0.3) is 0 Å². The number of aliphatic carboxylic acids is 1.